The Hall–Kier alpha value is -2.19. The summed E-state index contributed by atoms with van der Waals surface area (Å²) in [5, 5.41) is 6.97. The van der Waals surface area contributed by atoms with Crippen LogP contribution in [0.15, 0.2) is 23.0 Å². The average Bonchev–Trinajstić information content (AvgIpc) is 3.35. The predicted molar refractivity (Wildman–Crippen MR) is 102 cm³/mol. The van der Waals surface area contributed by atoms with Crippen molar-refractivity contribution in [2.24, 2.45) is 0 Å². The number of nitrogens with zero attached hydrogens (tertiary/aromatic N) is 4. The summed E-state index contributed by atoms with van der Waals surface area (Å²) in [7, 11) is 0. The molecule has 0 radical (unpaired) electrons. The first kappa shape index (κ1) is 17.2. The Kier molecular flexibility index (Phi) is 5.03. The molecule has 0 spiro atoms. The predicted octanol–water partition coefficient (Wildman–Crippen LogP) is 3.05. The highest BCUT2D eigenvalue weighted by Crippen LogP contribution is 2.25. The molecule has 2 aromatic heterocycles. The first-order valence-electron chi connectivity index (χ1n) is 8.99. The van der Waals surface area contributed by atoms with E-state index in [0.29, 0.717) is 19.7 Å². The van der Waals surface area contributed by atoms with Crippen LogP contribution in [0.1, 0.15) is 30.2 Å². The molecule has 2 aromatic rings. The third-order valence-corrected chi connectivity index (χ3v) is 5.70. The van der Waals surface area contributed by atoms with Crippen LogP contribution < -0.4 is 10.2 Å². The van der Waals surface area contributed by atoms with Crippen molar-refractivity contribution in [1.29, 1.82) is 0 Å². The van der Waals surface area contributed by atoms with Crippen LogP contribution in [0.4, 0.5) is 16.4 Å². The minimum Gasteiger partial charge on any atom is -0.368 e. The van der Waals surface area contributed by atoms with E-state index >= 15 is 0 Å². The molecule has 4 rings (SSSR count). The van der Waals surface area contributed by atoms with Crippen molar-refractivity contribution < 1.29 is 9.53 Å². The minimum absolute atomic E-state index is 0.0892. The van der Waals surface area contributed by atoms with Gasteiger partial charge in [-0.05, 0) is 36.8 Å². The number of amides is 2. The van der Waals surface area contributed by atoms with Gasteiger partial charge in [-0.25, -0.2) is 14.8 Å². The molecule has 2 amide bonds. The fourth-order valence-corrected chi connectivity index (χ4v) is 4.09. The smallest absolute Gasteiger partial charge is 0.322 e. The topological polar surface area (TPSA) is 70.6 Å². The van der Waals surface area contributed by atoms with Gasteiger partial charge in [0.05, 0.1) is 24.5 Å². The molecule has 0 aliphatic carbocycles. The second-order valence-electron chi connectivity index (χ2n) is 6.68. The zero-order valence-corrected chi connectivity index (χ0v) is 15.7. The molecular weight excluding hydrogens is 350 g/mol. The summed E-state index contributed by atoms with van der Waals surface area (Å²) in [6, 6.07) is 1.79. The lowest BCUT2D eigenvalue weighted by Gasteiger charge is -2.32. The second kappa shape index (κ2) is 7.59. The quantitative estimate of drug-likeness (QED) is 0.895. The van der Waals surface area contributed by atoms with Crippen LogP contribution in [0.3, 0.4) is 0 Å². The second-order valence-corrected chi connectivity index (χ2v) is 7.42. The van der Waals surface area contributed by atoms with E-state index in [1.54, 1.807) is 22.4 Å². The maximum Gasteiger partial charge on any atom is 0.322 e. The Labute approximate surface area is 157 Å². The summed E-state index contributed by atoms with van der Waals surface area (Å²) < 4.78 is 5.89. The maximum atomic E-state index is 12.6. The molecule has 2 aliphatic heterocycles. The molecule has 2 aliphatic rings. The lowest BCUT2D eigenvalue weighted by Crippen LogP contribution is -2.44. The van der Waals surface area contributed by atoms with Gasteiger partial charge in [0.1, 0.15) is 6.10 Å². The van der Waals surface area contributed by atoms with E-state index < -0.39 is 0 Å². The van der Waals surface area contributed by atoms with Crippen LogP contribution in [0, 0.1) is 6.92 Å². The molecule has 1 atom stereocenters. The van der Waals surface area contributed by atoms with Gasteiger partial charge in [0, 0.05) is 31.2 Å². The van der Waals surface area contributed by atoms with Crippen molar-refractivity contribution in [1.82, 2.24) is 14.9 Å². The first-order chi connectivity index (χ1) is 12.7. The van der Waals surface area contributed by atoms with Crippen molar-refractivity contribution in [2.45, 2.75) is 25.9 Å². The van der Waals surface area contributed by atoms with Crippen LogP contribution >= 0.6 is 11.3 Å². The van der Waals surface area contributed by atoms with Crippen molar-refractivity contribution in [3.05, 3.63) is 34.3 Å². The molecule has 0 bridgehead atoms. The van der Waals surface area contributed by atoms with Crippen molar-refractivity contribution in [3.63, 3.8) is 0 Å². The van der Waals surface area contributed by atoms with Crippen LogP contribution in [0.2, 0.25) is 0 Å². The lowest BCUT2D eigenvalue weighted by atomic mass is 10.2. The molecule has 1 N–H and O–H groups in total. The number of hydrogen-bond donors (Lipinski definition) is 1. The van der Waals surface area contributed by atoms with Crippen molar-refractivity contribution in [2.75, 3.05) is 43.0 Å². The summed E-state index contributed by atoms with van der Waals surface area (Å²) in [6.07, 6.45) is 3.93. The number of carbonyl (C=O) groups excluding carboxylic acids is 1. The van der Waals surface area contributed by atoms with Crippen LogP contribution in [0.5, 0.6) is 0 Å². The zero-order valence-electron chi connectivity index (χ0n) is 14.9. The number of aromatic nitrogens is 2. The lowest BCUT2D eigenvalue weighted by molar-refractivity contribution is -0.0157. The molecular formula is C18H23N5O2S. The Morgan fingerprint density at radius 1 is 1.31 bits per heavy atom. The van der Waals surface area contributed by atoms with E-state index in [-0.39, 0.29) is 12.1 Å². The molecule has 8 heteroatoms. The normalized spacial score (nSPS) is 20.4. The Morgan fingerprint density at radius 3 is 2.92 bits per heavy atom. The van der Waals surface area contributed by atoms with Gasteiger partial charge in [-0.2, -0.15) is 0 Å². The molecule has 0 aromatic carbocycles. The van der Waals surface area contributed by atoms with Gasteiger partial charge in [0.15, 0.2) is 0 Å². The number of aryl methyl sites for hydroxylation is 1. The summed E-state index contributed by atoms with van der Waals surface area (Å²) in [5.41, 5.74) is 2.80. The maximum absolute atomic E-state index is 12.6. The zero-order chi connectivity index (χ0) is 17.9. The number of nitrogens with one attached hydrogen (secondary N) is 1. The number of thiophene rings is 1. The third kappa shape index (κ3) is 3.66. The summed E-state index contributed by atoms with van der Waals surface area (Å²) >= 11 is 1.59. The molecule has 2 fully saturated rings. The number of hydrogen-bond acceptors (Lipinski definition) is 6. The number of morpholine rings is 1. The Bertz CT molecular complexity index is 774. The van der Waals surface area contributed by atoms with Crippen molar-refractivity contribution >= 4 is 29.0 Å². The standard InChI is InChI=1S/C18H23N5O2S/c1-13-11-26-12-15(13)21-18(24)23-8-9-25-16(10-23)14-4-5-19-17(20-14)22-6-2-3-7-22/h4-5,11-12,16H,2-3,6-10H2,1H3,(H,21,24). The average molecular weight is 373 g/mol. The highest BCUT2D eigenvalue weighted by Gasteiger charge is 2.27. The van der Waals surface area contributed by atoms with Gasteiger partial charge in [-0.1, -0.05) is 0 Å². The largest absolute Gasteiger partial charge is 0.368 e. The fourth-order valence-electron chi connectivity index (χ4n) is 3.31. The molecule has 1 unspecified atom stereocenters. The Morgan fingerprint density at radius 2 is 2.15 bits per heavy atom. The number of urea groups is 1. The SMILES string of the molecule is Cc1cscc1NC(=O)N1CCOC(c2ccnc(N3CCCC3)n2)C1. The summed E-state index contributed by atoms with van der Waals surface area (Å²) in [5.74, 6) is 0.763. The fraction of sp³-hybridized carbons (Fsp3) is 0.500. The van der Waals surface area contributed by atoms with Gasteiger partial charge in [-0.3, -0.25) is 0 Å². The monoisotopic (exact) mass is 373 g/mol. The highest BCUT2D eigenvalue weighted by atomic mass is 32.1. The van der Waals surface area contributed by atoms with E-state index in [2.05, 4.69) is 15.2 Å². The van der Waals surface area contributed by atoms with Gasteiger partial charge in [0.2, 0.25) is 5.95 Å². The van der Waals surface area contributed by atoms with Crippen LogP contribution in [0.25, 0.3) is 0 Å². The van der Waals surface area contributed by atoms with E-state index in [0.717, 1.165) is 36.0 Å². The molecule has 7 nitrogen and oxygen atoms in total. The molecule has 4 heterocycles. The van der Waals surface area contributed by atoms with Gasteiger partial charge < -0.3 is 19.9 Å². The number of anilines is 2. The number of carbonyl (C=O) groups is 1. The molecule has 26 heavy (non-hydrogen) atoms. The Balaban J connectivity index is 1.44. The molecule has 2 saturated heterocycles. The molecule has 0 saturated carbocycles. The summed E-state index contributed by atoms with van der Waals surface area (Å²) in [4.78, 5) is 25.7. The van der Waals surface area contributed by atoms with Crippen LogP contribution in [-0.2, 0) is 4.74 Å². The summed E-state index contributed by atoms with van der Waals surface area (Å²) in [6.45, 7) is 5.58. The van der Waals surface area contributed by atoms with Gasteiger partial charge in [0.25, 0.3) is 0 Å². The van der Waals surface area contributed by atoms with Crippen molar-refractivity contribution in [3.8, 4) is 0 Å². The van der Waals surface area contributed by atoms with E-state index in [1.165, 1.54) is 12.8 Å². The minimum atomic E-state index is -0.220. The van der Waals surface area contributed by atoms with Gasteiger partial charge >= 0.3 is 6.03 Å². The van der Waals surface area contributed by atoms with E-state index in [4.69, 9.17) is 9.72 Å². The van der Waals surface area contributed by atoms with E-state index in [1.807, 2.05) is 23.8 Å². The first-order valence-corrected chi connectivity index (χ1v) is 9.93. The highest BCUT2D eigenvalue weighted by molar-refractivity contribution is 7.08. The third-order valence-electron chi connectivity index (χ3n) is 4.83. The van der Waals surface area contributed by atoms with Crippen LogP contribution in [-0.4, -0.2) is 53.7 Å². The number of ether oxygens (including phenoxy) is 1. The number of rotatable bonds is 3. The van der Waals surface area contributed by atoms with E-state index in [9.17, 15) is 4.79 Å². The molecule has 138 valence electrons. The van der Waals surface area contributed by atoms with Gasteiger partial charge in [-0.15, -0.1) is 11.3 Å².